The lowest BCUT2D eigenvalue weighted by molar-refractivity contribution is -0.147. The maximum atomic E-state index is 13.4. The molecule has 56 heavy (non-hydrogen) atoms. The fraction of sp³-hybridized carbons (Fsp3) is 0.409. The molecule has 0 saturated heterocycles. The summed E-state index contributed by atoms with van der Waals surface area (Å²) in [5, 5.41) is 4.82. The Morgan fingerprint density at radius 2 is 1.34 bits per heavy atom. The van der Waals surface area contributed by atoms with Crippen LogP contribution in [-0.2, 0) is 23.9 Å². The van der Waals surface area contributed by atoms with E-state index in [1.54, 1.807) is 30.1 Å². The average Bonchev–Trinajstić information content (AvgIpc) is 3.91. The maximum Gasteiger partial charge on any atom is 0.407 e. The molecule has 0 spiro atoms. The number of nitrogens with one attached hydrogen (secondary N) is 2. The number of benzene rings is 3. The molecule has 0 saturated carbocycles. The lowest BCUT2D eigenvalue weighted by atomic mass is 9.90. The van der Waals surface area contributed by atoms with Gasteiger partial charge in [0, 0.05) is 38.0 Å². The Bertz CT molecular complexity index is 2130. The van der Waals surface area contributed by atoms with Crippen LogP contribution in [0.3, 0.4) is 0 Å². The minimum absolute atomic E-state index is 0.00327. The van der Waals surface area contributed by atoms with Crippen molar-refractivity contribution in [3.63, 3.8) is 0 Å². The predicted octanol–water partition coefficient (Wildman–Crippen LogP) is 7.66. The molecule has 1 aromatic heterocycles. The van der Waals surface area contributed by atoms with Gasteiger partial charge in [0.1, 0.15) is 11.9 Å². The number of likely N-dealkylation sites (N-methyl/N-ethyl adjacent to an activating group) is 1. The van der Waals surface area contributed by atoms with Gasteiger partial charge in [0.15, 0.2) is 0 Å². The molecule has 1 aliphatic heterocycles. The van der Waals surface area contributed by atoms with Gasteiger partial charge in [-0.25, -0.2) is 9.78 Å². The zero-order valence-electron chi connectivity index (χ0n) is 34.0. The van der Waals surface area contributed by atoms with E-state index in [1.165, 1.54) is 14.2 Å². The van der Waals surface area contributed by atoms with Crippen LogP contribution < -0.4 is 5.32 Å². The Morgan fingerprint density at radius 1 is 0.750 bits per heavy atom. The number of hydrogen-bond donors (Lipinski definition) is 2. The lowest BCUT2D eigenvalue weighted by Gasteiger charge is -2.30. The number of fused-ring (bicyclic) bond motifs is 1. The third kappa shape index (κ3) is 9.18. The topological polar surface area (TPSA) is 146 Å². The number of H-pyrrole nitrogens is 1. The summed E-state index contributed by atoms with van der Waals surface area (Å²) in [4.78, 5) is 66.5. The molecule has 5 rings (SSSR count). The van der Waals surface area contributed by atoms with Crippen LogP contribution in [0.4, 0.5) is 4.79 Å². The van der Waals surface area contributed by atoms with Crippen molar-refractivity contribution in [1.29, 1.82) is 0 Å². The minimum Gasteiger partial charge on any atom is -0.469 e. The van der Waals surface area contributed by atoms with Crippen molar-refractivity contribution >= 4 is 45.9 Å². The summed E-state index contributed by atoms with van der Waals surface area (Å²) in [6.07, 6.45) is 3.70. The Labute approximate surface area is 329 Å². The van der Waals surface area contributed by atoms with Gasteiger partial charge in [-0.05, 0) is 70.9 Å². The molecule has 3 aromatic carbocycles. The zero-order chi connectivity index (χ0) is 40.8. The second kappa shape index (κ2) is 17.8. The van der Waals surface area contributed by atoms with Gasteiger partial charge < -0.3 is 29.6 Å². The number of rotatable bonds is 14. The number of nitrogens with zero attached hydrogens (tertiary/aromatic N) is 4. The molecule has 1 aliphatic rings. The molecule has 4 aromatic rings. The quantitative estimate of drug-likeness (QED) is 0.125. The van der Waals surface area contributed by atoms with Gasteiger partial charge in [-0.3, -0.25) is 19.4 Å². The molecule has 296 valence electrons. The number of carbonyl (C=O) groups is 4. The largest absolute Gasteiger partial charge is 0.469 e. The zero-order valence-corrected chi connectivity index (χ0v) is 34.0. The van der Waals surface area contributed by atoms with Gasteiger partial charge in [0.2, 0.25) is 11.8 Å². The van der Waals surface area contributed by atoms with E-state index in [-0.39, 0.29) is 48.1 Å². The standard InChI is InChI=1S/C44H54N6O6/c1-25(2)36(22-39(51)55-9)42(52)49(7)27(5)37-21-35(23-45-37)30-13-11-29(12-14-30)31-15-16-33-20-34(18-17-32(33)19-31)38-24-46-41(47-38)28(6)50(8)43(53)40(26(3)4)48-44(54)56-10/h11-20,23-28,36,40H,21-22H2,1-10H3,(H,46,47)(H,48,54)/t27-,28-,36-,40-/m0/s1. The molecule has 0 unspecified atom stereocenters. The molecule has 4 atom stereocenters. The fourth-order valence-electron chi connectivity index (χ4n) is 6.88. The number of amides is 3. The van der Waals surface area contributed by atoms with Crippen LogP contribution >= 0.6 is 0 Å². The first kappa shape index (κ1) is 41.4. The van der Waals surface area contributed by atoms with Gasteiger partial charge in [-0.1, -0.05) is 76.2 Å². The van der Waals surface area contributed by atoms with Crippen LogP contribution in [0.5, 0.6) is 0 Å². The highest BCUT2D eigenvalue weighted by Gasteiger charge is 2.33. The third-order valence-corrected chi connectivity index (χ3v) is 11.0. The highest BCUT2D eigenvalue weighted by atomic mass is 16.5. The van der Waals surface area contributed by atoms with E-state index in [9.17, 15) is 19.2 Å². The molecule has 2 N–H and O–H groups in total. The second-order valence-electron chi connectivity index (χ2n) is 15.2. The van der Waals surface area contributed by atoms with E-state index in [4.69, 9.17) is 14.5 Å². The SMILES string of the molecule is COC(=O)C[C@H](C(=O)N(C)[C@@H](C)C1=NC=C(c2ccc(-c3ccc4cc(-c5cnc([C@H](C)N(C)C(=O)[C@@H](NC(=O)OC)C(C)C)[nH]5)ccc4c3)cc2)C1)C(C)C. The Morgan fingerprint density at radius 3 is 1.95 bits per heavy atom. The minimum atomic E-state index is -0.730. The Balaban J connectivity index is 1.22. The van der Waals surface area contributed by atoms with Crippen molar-refractivity contribution in [3.8, 4) is 22.4 Å². The molecule has 2 heterocycles. The Kier molecular flexibility index (Phi) is 13.1. The van der Waals surface area contributed by atoms with Crippen LogP contribution in [-0.4, -0.2) is 89.8 Å². The average molecular weight is 763 g/mol. The fourth-order valence-corrected chi connectivity index (χ4v) is 6.88. The summed E-state index contributed by atoms with van der Waals surface area (Å²) >= 11 is 0. The summed E-state index contributed by atoms with van der Waals surface area (Å²) in [6.45, 7) is 11.5. The van der Waals surface area contributed by atoms with Gasteiger partial charge in [0.05, 0.1) is 50.5 Å². The summed E-state index contributed by atoms with van der Waals surface area (Å²) in [5.41, 5.74) is 7.07. The van der Waals surface area contributed by atoms with Crippen LogP contribution in [0.2, 0.25) is 0 Å². The molecule has 12 heteroatoms. The highest BCUT2D eigenvalue weighted by molar-refractivity contribution is 6.03. The number of aromatic nitrogens is 2. The summed E-state index contributed by atoms with van der Waals surface area (Å²) in [5.74, 6) is -0.661. The monoisotopic (exact) mass is 762 g/mol. The number of hydrogen-bond acceptors (Lipinski definition) is 8. The van der Waals surface area contributed by atoms with E-state index >= 15 is 0 Å². The molecule has 12 nitrogen and oxygen atoms in total. The first-order valence-corrected chi connectivity index (χ1v) is 19.0. The second-order valence-corrected chi connectivity index (χ2v) is 15.2. The predicted molar refractivity (Wildman–Crippen MR) is 220 cm³/mol. The van der Waals surface area contributed by atoms with Gasteiger partial charge in [-0.15, -0.1) is 0 Å². The summed E-state index contributed by atoms with van der Waals surface area (Å²) in [6, 6.07) is 19.8. The van der Waals surface area contributed by atoms with E-state index in [0.717, 1.165) is 50.0 Å². The van der Waals surface area contributed by atoms with E-state index in [0.29, 0.717) is 12.2 Å². The maximum absolute atomic E-state index is 13.4. The first-order valence-electron chi connectivity index (χ1n) is 19.0. The number of ether oxygens (including phenoxy) is 2. The molecule has 0 bridgehead atoms. The number of esters is 1. The van der Waals surface area contributed by atoms with Crippen molar-refractivity contribution in [1.82, 2.24) is 25.1 Å². The number of aromatic amines is 1. The molecule has 0 radical (unpaired) electrons. The van der Waals surface area contributed by atoms with Crippen molar-refractivity contribution in [2.75, 3.05) is 28.3 Å². The van der Waals surface area contributed by atoms with E-state index in [2.05, 4.69) is 75.9 Å². The molecular weight excluding hydrogens is 709 g/mol. The molecule has 0 aliphatic carbocycles. The van der Waals surface area contributed by atoms with Crippen LogP contribution in [0.15, 0.2) is 78.1 Å². The third-order valence-electron chi connectivity index (χ3n) is 11.0. The van der Waals surface area contributed by atoms with E-state index < -0.39 is 18.1 Å². The van der Waals surface area contributed by atoms with Crippen LogP contribution in [0.25, 0.3) is 38.7 Å². The molecule has 3 amide bonds. The number of allylic oxidation sites excluding steroid dienone is 1. The van der Waals surface area contributed by atoms with Crippen LogP contribution in [0, 0.1) is 17.8 Å². The smallest absolute Gasteiger partial charge is 0.407 e. The Hall–Kier alpha value is -5.78. The highest BCUT2D eigenvalue weighted by Crippen LogP contribution is 2.32. The molecule has 0 fully saturated rings. The van der Waals surface area contributed by atoms with Crippen molar-refractivity contribution in [2.24, 2.45) is 22.7 Å². The van der Waals surface area contributed by atoms with Gasteiger partial charge >= 0.3 is 12.1 Å². The van der Waals surface area contributed by atoms with E-state index in [1.807, 2.05) is 47.7 Å². The lowest BCUT2D eigenvalue weighted by Crippen LogP contribution is -2.50. The number of aliphatic imine (C=N–C) groups is 1. The van der Waals surface area contributed by atoms with Crippen molar-refractivity contribution in [2.45, 2.75) is 72.5 Å². The number of methoxy groups -OCH3 is 2. The van der Waals surface area contributed by atoms with Gasteiger partial charge in [-0.2, -0.15) is 0 Å². The van der Waals surface area contributed by atoms with Crippen molar-refractivity contribution in [3.05, 3.63) is 84.4 Å². The number of imidazole rings is 1. The van der Waals surface area contributed by atoms with Crippen molar-refractivity contribution < 1.29 is 28.7 Å². The summed E-state index contributed by atoms with van der Waals surface area (Å²) in [7, 11) is 6.09. The first-order chi connectivity index (χ1) is 26.6. The number of carbonyl (C=O) groups excluding carboxylic acids is 4. The number of alkyl carbamates (subject to hydrolysis) is 1. The normalized spacial score (nSPS) is 14.8. The van der Waals surface area contributed by atoms with Gasteiger partial charge in [0.25, 0.3) is 0 Å². The summed E-state index contributed by atoms with van der Waals surface area (Å²) < 4.78 is 9.55. The molecular formula is C44H54N6O6. The van der Waals surface area contributed by atoms with Crippen LogP contribution in [0.1, 0.15) is 71.8 Å².